The van der Waals surface area contributed by atoms with E-state index in [0.717, 1.165) is 0 Å². The van der Waals surface area contributed by atoms with E-state index in [-0.39, 0.29) is 3.23 Å². The summed E-state index contributed by atoms with van der Waals surface area (Å²) >= 11 is 7.58. The second-order valence-electron chi connectivity index (χ2n) is 4.12. The topological polar surface area (TPSA) is 0 Å². The molecule has 13 heavy (non-hydrogen) atoms. The van der Waals surface area contributed by atoms with Crippen molar-refractivity contribution in [1.29, 1.82) is 0 Å². The van der Waals surface area contributed by atoms with Crippen molar-refractivity contribution in [2.75, 3.05) is 0 Å². The molecule has 1 aromatic carbocycles. The van der Waals surface area contributed by atoms with E-state index in [0.29, 0.717) is 11.3 Å². The van der Waals surface area contributed by atoms with Crippen LogP contribution < -0.4 is 0 Å². The Morgan fingerprint density at radius 1 is 1.08 bits per heavy atom. The van der Waals surface area contributed by atoms with Crippen LogP contribution in [0.1, 0.15) is 24.3 Å². The average molecular weight is 302 g/mol. The number of rotatable bonds is 1. The molecule has 0 unspecified atom stereocenters. The minimum atomic E-state index is 0.203. The minimum absolute atomic E-state index is 0.203. The molecule has 2 fully saturated rings. The number of alkyl halides is 2. The summed E-state index contributed by atoms with van der Waals surface area (Å²) in [5.41, 5.74) is 2.02. The normalized spacial score (nSPS) is 31.7. The van der Waals surface area contributed by atoms with Gasteiger partial charge in [-0.15, -0.1) is 0 Å². The van der Waals surface area contributed by atoms with Gasteiger partial charge in [-0.25, -0.2) is 0 Å². The SMILES string of the molecule is BrC1(Br)[C@H](c2ccccc2)C12CC2. The van der Waals surface area contributed by atoms with Crippen LogP contribution in [-0.4, -0.2) is 3.23 Å². The van der Waals surface area contributed by atoms with Crippen molar-refractivity contribution >= 4 is 31.9 Å². The summed E-state index contributed by atoms with van der Waals surface area (Å²) in [4.78, 5) is 0. The van der Waals surface area contributed by atoms with Gasteiger partial charge in [0.2, 0.25) is 0 Å². The van der Waals surface area contributed by atoms with Gasteiger partial charge in [-0.05, 0) is 18.4 Å². The highest BCUT2D eigenvalue weighted by atomic mass is 79.9. The van der Waals surface area contributed by atoms with Gasteiger partial charge in [-0.1, -0.05) is 62.2 Å². The van der Waals surface area contributed by atoms with Crippen molar-refractivity contribution in [2.24, 2.45) is 5.41 Å². The van der Waals surface area contributed by atoms with Gasteiger partial charge in [0.1, 0.15) is 0 Å². The lowest BCUT2D eigenvalue weighted by atomic mass is 10.1. The number of halogens is 2. The zero-order chi connectivity index (χ0) is 9.10. The van der Waals surface area contributed by atoms with Crippen LogP contribution in [0, 0.1) is 5.41 Å². The van der Waals surface area contributed by atoms with Crippen LogP contribution in [0.3, 0.4) is 0 Å². The van der Waals surface area contributed by atoms with E-state index in [9.17, 15) is 0 Å². The molecule has 1 aromatic rings. The van der Waals surface area contributed by atoms with Crippen molar-refractivity contribution in [3.05, 3.63) is 35.9 Å². The summed E-state index contributed by atoms with van der Waals surface area (Å²) in [5, 5.41) is 0. The van der Waals surface area contributed by atoms with Crippen molar-refractivity contribution < 1.29 is 0 Å². The Labute approximate surface area is 95.0 Å². The molecule has 0 saturated heterocycles. The van der Waals surface area contributed by atoms with Crippen LogP contribution in [0.25, 0.3) is 0 Å². The summed E-state index contributed by atoms with van der Waals surface area (Å²) in [6.45, 7) is 0. The Morgan fingerprint density at radius 2 is 1.69 bits per heavy atom. The number of hydrogen-bond acceptors (Lipinski definition) is 0. The van der Waals surface area contributed by atoms with Gasteiger partial charge in [-0.3, -0.25) is 0 Å². The fraction of sp³-hybridized carbons (Fsp3) is 0.455. The van der Waals surface area contributed by atoms with Crippen LogP contribution in [0.4, 0.5) is 0 Å². The van der Waals surface area contributed by atoms with E-state index >= 15 is 0 Å². The van der Waals surface area contributed by atoms with Crippen LogP contribution in [0.5, 0.6) is 0 Å². The predicted octanol–water partition coefficient (Wildman–Crippen LogP) is 4.05. The van der Waals surface area contributed by atoms with E-state index in [4.69, 9.17) is 0 Å². The first-order valence-electron chi connectivity index (χ1n) is 4.61. The lowest BCUT2D eigenvalue weighted by Gasteiger charge is -1.98. The number of benzene rings is 1. The third-order valence-corrected chi connectivity index (χ3v) is 5.91. The van der Waals surface area contributed by atoms with Crippen LogP contribution >= 0.6 is 31.9 Å². The third kappa shape index (κ3) is 0.964. The molecule has 68 valence electrons. The summed E-state index contributed by atoms with van der Waals surface area (Å²) < 4.78 is 0.203. The molecule has 1 spiro atoms. The fourth-order valence-corrected chi connectivity index (χ4v) is 4.87. The lowest BCUT2D eigenvalue weighted by molar-refractivity contribution is 0.839. The molecule has 0 bridgehead atoms. The molecule has 2 aliphatic rings. The second kappa shape index (κ2) is 2.40. The maximum absolute atomic E-state index is 3.79. The Hall–Kier alpha value is 0.180. The smallest absolute Gasteiger partial charge is 0.0714 e. The van der Waals surface area contributed by atoms with Gasteiger partial charge in [0, 0.05) is 11.3 Å². The van der Waals surface area contributed by atoms with Crippen LogP contribution in [0.15, 0.2) is 30.3 Å². The summed E-state index contributed by atoms with van der Waals surface area (Å²) in [5.74, 6) is 0.682. The maximum atomic E-state index is 3.79. The van der Waals surface area contributed by atoms with Crippen LogP contribution in [0.2, 0.25) is 0 Å². The van der Waals surface area contributed by atoms with Gasteiger partial charge >= 0.3 is 0 Å². The molecule has 0 nitrogen and oxygen atoms in total. The van der Waals surface area contributed by atoms with Crippen molar-refractivity contribution in [3.63, 3.8) is 0 Å². The molecule has 0 radical (unpaired) electrons. The van der Waals surface area contributed by atoms with Gasteiger partial charge in [0.25, 0.3) is 0 Å². The first-order chi connectivity index (χ1) is 6.18. The van der Waals surface area contributed by atoms with E-state index in [1.54, 1.807) is 0 Å². The Kier molecular flexibility index (Phi) is 1.57. The van der Waals surface area contributed by atoms with Gasteiger partial charge in [-0.2, -0.15) is 0 Å². The molecule has 2 saturated carbocycles. The first kappa shape index (κ1) is 8.49. The highest BCUT2D eigenvalue weighted by Gasteiger charge is 2.80. The van der Waals surface area contributed by atoms with Crippen LogP contribution in [-0.2, 0) is 0 Å². The predicted molar refractivity (Wildman–Crippen MR) is 61.4 cm³/mol. The molecule has 2 aliphatic carbocycles. The molecule has 0 aromatic heterocycles. The zero-order valence-corrected chi connectivity index (χ0v) is 10.3. The average Bonchev–Trinajstić information content (AvgIpc) is 2.95. The Balaban J connectivity index is 1.98. The molecule has 0 N–H and O–H groups in total. The van der Waals surface area contributed by atoms with E-state index < -0.39 is 0 Å². The van der Waals surface area contributed by atoms with Gasteiger partial charge in [0.05, 0.1) is 3.23 Å². The minimum Gasteiger partial charge on any atom is -0.0714 e. The van der Waals surface area contributed by atoms with Gasteiger partial charge in [0.15, 0.2) is 0 Å². The first-order valence-corrected chi connectivity index (χ1v) is 6.20. The Morgan fingerprint density at radius 3 is 2.15 bits per heavy atom. The summed E-state index contributed by atoms with van der Waals surface area (Å²) in [6, 6.07) is 10.8. The third-order valence-electron chi connectivity index (χ3n) is 3.42. The molecule has 2 heteroatoms. The number of hydrogen-bond donors (Lipinski definition) is 0. The van der Waals surface area contributed by atoms with E-state index in [2.05, 4.69) is 62.2 Å². The van der Waals surface area contributed by atoms with Crippen molar-refractivity contribution in [2.45, 2.75) is 22.0 Å². The van der Waals surface area contributed by atoms with E-state index in [1.807, 2.05) is 0 Å². The highest BCUT2D eigenvalue weighted by Crippen LogP contribution is 2.87. The molecule has 0 aliphatic heterocycles. The lowest BCUT2D eigenvalue weighted by Crippen LogP contribution is -1.87. The molecular weight excluding hydrogens is 292 g/mol. The molecule has 3 rings (SSSR count). The largest absolute Gasteiger partial charge is 0.0942 e. The molecule has 0 amide bonds. The van der Waals surface area contributed by atoms with Crippen molar-refractivity contribution in [3.8, 4) is 0 Å². The monoisotopic (exact) mass is 300 g/mol. The summed E-state index contributed by atoms with van der Waals surface area (Å²) in [6.07, 6.45) is 2.73. The molecular formula is C11H10Br2. The quantitative estimate of drug-likeness (QED) is 0.687. The second-order valence-corrected chi connectivity index (χ2v) is 7.69. The van der Waals surface area contributed by atoms with Crippen molar-refractivity contribution in [1.82, 2.24) is 0 Å². The maximum Gasteiger partial charge on any atom is 0.0942 e. The molecule has 1 atom stereocenters. The fourth-order valence-electron chi connectivity index (χ4n) is 2.44. The standard InChI is InChI=1S/C11H10Br2/c12-11(13)9(10(11)6-7-10)8-4-2-1-3-5-8/h1-5,9H,6-7H2/t9-/m1/s1. The highest BCUT2D eigenvalue weighted by molar-refractivity contribution is 9.25. The van der Waals surface area contributed by atoms with Gasteiger partial charge < -0.3 is 0 Å². The van der Waals surface area contributed by atoms with E-state index in [1.165, 1.54) is 18.4 Å². The Bertz CT molecular complexity index is 334. The molecule has 0 heterocycles. The summed E-state index contributed by atoms with van der Waals surface area (Å²) in [7, 11) is 0. The zero-order valence-electron chi connectivity index (χ0n) is 7.13.